The van der Waals surface area contributed by atoms with Gasteiger partial charge in [0, 0.05) is 12.5 Å². The number of hydrazine groups is 1. The van der Waals surface area contributed by atoms with Crippen molar-refractivity contribution in [2.24, 2.45) is 0 Å². The van der Waals surface area contributed by atoms with Gasteiger partial charge in [0.25, 0.3) is 0 Å². The predicted octanol–water partition coefficient (Wildman–Crippen LogP) is 2.85. The summed E-state index contributed by atoms with van der Waals surface area (Å²) in [7, 11) is -3.79. The number of hydrogen-bond donors (Lipinski definition) is 2. The van der Waals surface area contributed by atoms with Gasteiger partial charge in [-0.3, -0.25) is 9.89 Å². The van der Waals surface area contributed by atoms with Crippen molar-refractivity contribution in [3.05, 3.63) is 72.3 Å². The normalized spacial score (nSPS) is 11.3. The van der Waals surface area contributed by atoms with E-state index >= 15 is 0 Å². The van der Waals surface area contributed by atoms with Gasteiger partial charge in [0.15, 0.2) is 5.82 Å². The zero-order chi connectivity index (χ0) is 19.3. The lowest BCUT2D eigenvalue weighted by Crippen LogP contribution is -2.46. The van der Waals surface area contributed by atoms with Crippen LogP contribution in [0.15, 0.2) is 66.7 Å². The van der Waals surface area contributed by atoms with Crippen molar-refractivity contribution in [1.82, 2.24) is 15.0 Å². The standard InChI is InChI=1S/C19H20N4O3S/c1-2-19(24)23(22-27(25,26)14-15-9-5-3-6-10-15)18-13-17(20-21-18)16-11-7-4-8-12-16/h3-13,22H,2,14H2,1H3,(H,20,21). The second-order valence-corrected chi connectivity index (χ2v) is 7.63. The number of rotatable bonds is 7. The molecule has 2 aromatic carbocycles. The summed E-state index contributed by atoms with van der Waals surface area (Å²) < 4.78 is 25.1. The van der Waals surface area contributed by atoms with E-state index in [9.17, 15) is 13.2 Å². The third kappa shape index (κ3) is 4.81. The fraction of sp³-hybridized carbons (Fsp3) is 0.158. The van der Waals surface area contributed by atoms with Crippen molar-refractivity contribution < 1.29 is 13.2 Å². The Balaban J connectivity index is 1.84. The zero-order valence-corrected chi connectivity index (χ0v) is 15.6. The van der Waals surface area contributed by atoms with Crippen LogP contribution in [0.4, 0.5) is 5.82 Å². The molecule has 0 saturated carbocycles. The van der Waals surface area contributed by atoms with Crippen LogP contribution in [0, 0.1) is 0 Å². The van der Waals surface area contributed by atoms with Crippen LogP contribution in [0.3, 0.4) is 0 Å². The number of anilines is 1. The van der Waals surface area contributed by atoms with Crippen LogP contribution in [0.1, 0.15) is 18.9 Å². The molecule has 140 valence electrons. The Hall–Kier alpha value is -2.97. The Labute approximate surface area is 158 Å². The molecule has 0 spiro atoms. The first-order valence-electron chi connectivity index (χ1n) is 8.46. The number of carbonyl (C=O) groups is 1. The van der Waals surface area contributed by atoms with Crippen LogP contribution in [0.2, 0.25) is 0 Å². The van der Waals surface area contributed by atoms with Crippen molar-refractivity contribution in [3.63, 3.8) is 0 Å². The fourth-order valence-electron chi connectivity index (χ4n) is 2.54. The number of amides is 1. The maximum absolute atomic E-state index is 12.5. The van der Waals surface area contributed by atoms with Crippen molar-refractivity contribution in [2.45, 2.75) is 19.1 Å². The van der Waals surface area contributed by atoms with E-state index in [2.05, 4.69) is 15.0 Å². The van der Waals surface area contributed by atoms with Crippen LogP contribution in [-0.2, 0) is 20.6 Å². The maximum atomic E-state index is 12.5. The maximum Gasteiger partial charge on any atom is 0.243 e. The van der Waals surface area contributed by atoms with Gasteiger partial charge in [-0.1, -0.05) is 67.6 Å². The Morgan fingerprint density at radius 2 is 1.70 bits per heavy atom. The largest absolute Gasteiger partial charge is 0.276 e. The van der Waals surface area contributed by atoms with E-state index in [1.54, 1.807) is 37.3 Å². The molecule has 27 heavy (non-hydrogen) atoms. The molecule has 1 aromatic heterocycles. The molecule has 7 nitrogen and oxygen atoms in total. The molecule has 1 heterocycles. The second kappa shape index (κ2) is 8.15. The number of carbonyl (C=O) groups excluding carboxylic acids is 1. The van der Waals surface area contributed by atoms with E-state index in [1.807, 2.05) is 36.4 Å². The summed E-state index contributed by atoms with van der Waals surface area (Å²) in [5, 5.41) is 7.92. The van der Waals surface area contributed by atoms with Crippen LogP contribution < -0.4 is 9.84 Å². The van der Waals surface area contributed by atoms with Crippen LogP contribution in [-0.4, -0.2) is 24.5 Å². The lowest BCUT2D eigenvalue weighted by Gasteiger charge is -2.20. The molecule has 0 atom stereocenters. The molecule has 8 heteroatoms. The number of sulfonamides is 1. The topological polar surface area (TPSA) is 95.2 Å². The number of nitrogens with zero attached hydrogens (tertiary/aromatic N) is 2. The number of aromatic nitrogens is 2. The van der Waals surface area contributed by atoms with Gasteiger partial charge in [-0.2, -0.15) is 5.10 Å². The third-order valence-electron chi connectivity index (χ3n) is 3.86. The molecule has 1 amide bonds. The van der Waals surface area contributed by atoms with Gasteiger partial charge in [0.05, 0.1) is 11.4 Å². The molecule has 0 unspecified atom stereocenters. The lowest BCUT2D eigenvalue weighted by molar-refractivity contribution is -0.118. The molecule has 0 aliphatic carbocycles. The SMILES string of the molecule is CCC(=O)N(NS(=O)(=O)Cc1ccccc1)c1cc(-c2ccccc2)[nH]n1. The minimum absolute atomic E-state index is 0.126. The highest BCUT2D eigenvalue weighted by Gasteiger charge is 2.24. The van der Waals surface area contributed by atoms with Crippen molar-refractivity contribution in [3.8, 4) is 11.3 Å². The van der Waals surface area contributed by atoms with Gasteiger partial charge in [-0.15, -0.1) is 4.83 Å². The number of benzene rings is 2. The van der Waals surface area contributed by atoms with Crippen LogP contribution >= 0.6 is 0 Å². The molecule has 3 aromatic rings. The highest BCUT2D eigenvalue weighted by molar-refractivity contribution is 7.88. The van der Waals surface area contributed by atoms with E-state index in [0.717, 1.165) is 10.6 Å². The fourth-order valence-corrected chi connectivity index (χ4v) is 3.71. The number of H-pyrrole nitrogens is 1. The number of hydrogen-bond acceptors (Lipinski definition) is 4. The summed E-state index contributed by atoms with van der Waals surface area (Å²) in [6.07, 6.45) is 0.126. The van der Waals surface area contributed by atoms with E-state index in [4.69, 9.17) is 0 Å². The Morgan fingerprint density at radius 3 is 2.33 bits per heavy atom. The van der Waals surface area contributed by atoms with Gasteiger partial charge < -0.3 is 0 Å². The highest BCUT2D eigenvalue weighted by Crippen LogP contribution is 2.21. The first-order chi connectivity index (χ1) is 13.0. The summed E-state index contributed by atoms with van der Waals surface area (Å²) in [5.41, 5.74) is 2.19. The molecule has 2 N–H and O–H groups in total. The van der Waals surface area contributed by atoms with Gasteiger partial charge in [0.1, 0.15) is 0 Å². The molecule has 0 saturated heterocycles. The predicted molar refractivity (Wildman–Crippen MR) is 104 cm³/mol. The molecular weight excluding hydrogens is 364 g/mol. The van der Waals surface area contributed by atoms with Crippen LogP contribution in [0.25, 0.3) is 11.3 Å². The molecule has 0 aliphatic rings. The van der Waals surface area contributed by atoms with Crippen molar-refractivity contribution in [2.75, 3.05) is 5.01 Å². The number of nitrogens with one attached hydrogen (secondary N) is 2. The van der Waals surface area contributed by atoms with Gasteiger partial charge in [0.2, 0.25) is 15.9 Å². The van der Waals surface area contributed by atoms with Crippen molar-refractivity contribution >= 4 is 21.7 Å². The first-order valence-corrected chi connectivity index (χ1v) is 10.1. The quantitative estimate of drug-likeness (QED) is 0.612. The van der Waals surface area contributed by atoms with E-state index in [1.165, 1.54) is 0 Å². The minimum atomic E-state index is -3.79. The molecule has 3 rings (SSSR count). The Kier molecular flexibility index (Phi) is 5.68. The van der Waals surface area contributed by atoms with Gasteiger partial charge in [-0.25, -0.2) is 13.4 Å². The highest BCUT2D eigenvalue weighted by atomic mass is 32.2. The smallest absolute Gasteiger partial charge is 0.243 e. The summed E-state index contributed by atoms with van der Waals surface area (Å²) >= 11 is 0. The summed E-state index contributed by atoms with van der Waals surface area (Å²) in [4.78, 5) is 14.7. The average molecular weight is 384 g/mol. The molecule has 0 aliphatic heterocycles. The Morgan fingerprint density at radius 1 is 1.07 bits per heavy atom. The molecule has 0 radical (unpaired) electrons. The minimum Gasteiger partial charge on any atom is -0.276 e. The molecular formula is C19H20N4O3S. The molecule has 0 fully saturated rings. The lowest BCUT2D eigenvalue weighted by atomic mass is 10.1. The first kappa shape index (κ1) is 18.8. The second-order valence-electron chi connectivity index (χ2n) is 5.92. The van der Waals surface area contributed by atoms with Crippen LogP contribution in [0.5, 0.6) is 0 Å². The van der Waals surface area contributed by atoms with Gasteiger partial charge >= 0.3 is 0 Å². The Bertz CT molecular complexity index is 1000. The van der Waals surface area contributed by atoms with E-state index in [-0.39, 0.29) is 18.0 Å². The monoisotopic (exact) mass is 384 g/mol. The van der Waals surface area contributed by atoms with Gasteiger partial charge in [-0.05, 0) is 11.1 Å². The average Bonchev–Trinajstić information content (AvgIpc) is 3.16. The third-order valence-corrected chi connectivity index (χ3v) is 5.03. The molecule has 0 bridgehead atoms. The summed E-state index contributed by atoms with van der Waals surface area (Å²) in [6, 6.07) is 19.8. The summed E-state index contributed by atoms with van der Waals surface area (Å²) in [5.74, 6) is -0.452. The van der Waals surface area contributed by atoms with E-state index in [0.29, 0.717) is 11.3 Å². The van der Waals surface area contributed by atoms with Crippen molar-refractivity contribution in [1.29, 1.82) is 0 Å². The number of aromatic amines is 1. The van der Waals surface area contributed by atoms with E-state index < -0.39 is 15.9 Å². The zero-order valence-electron chi connectivity index (χ0n) is 14.8. The summed E-state index contributed by atoms with van der Waals surface area (Å²) in [6.45, 7) is 1.66.